The smallest absolute Gasteiger partial charge is 0.0484 e. The molecule has 0 aliphatic rings. The van der Waals surface area contributed by atoms with E-state index < -0.39 is 0 Å². The summed E-state index contributed by atoms with van der Waals surface area (Å²) in [6, 6.07) is 12.3. The molecule has 0 amide bonds. The topological polar surface area (TPSA) is 26.0 Å². The van der Waals surface area contributed by atoms with E-state index in [-0.39, 0.29) is 6.04 Å². The van der Waals surface area contributed by atoms with Crippen LogP contribution in [0.5, 0.6) is 0 Å². The van der Waals surface area contributed by atoms with E-state index in [0.717, 1.165) is 22.2 Å². The molecule has 78 valence electrons. The number of nitrogens with two attached hydrogens (primary N) is 1. The van der Waals surface area contributed by atoms with Crippen LogP contribution in [0.25, 0.3) is 10.8 Å². The van der Waals surface area contributed by atoms with Gasteiger partial charge in [-0.3, -0.25) is 0 Å². The van der Waals surface area contributed by atoms with Gasteiger partial charge in [-0.25, -0.2) is 0 Å². The number of hydrogen-bond acceptors (Lipinski definition) is 1. The third-order valence-corrected chi connectivity index (χ3v) is 3.05. The number of hydrogen-bond donors (Lipinski definition) is 1. The van der Waals surface area contributed by atoms with Gasteiger partial charge in [0.2, 0.25) is 0 Å². The summed E-state index contributed by atoms with van der Waals surface area (Å²) in [7, 11) is 0. The highest BCUT2D eigenvalue weighted by molar-refractivity contribution is 6.35. The van der Waals surface area contributed by atoms with Gasteiger partial charge in [-0.05, 0) is 29.5 Å². The standard InChI is InChI=1S/C13H14ClN/c1-2-13(15)10-6-7-11-9(8-10)4-3-5-12(11)14/h3-8,13H,2,15H2,1H3. The maximum absolute atomic E-state index is 6.09. The Balaban J connectivity index is 2.57. The van der Waals surface area contributed by atoms with Crippen LogP contribution in [0.15, 0.2) is 36.4 Å². The maximum atomic E-state index is 6.09. The molecule has 0 saturated carbocycles. The van der Waals surface area contributed by atoms with Crippen LogP contribution in [-0.4, -0.2) is 0 Å². The van der Waals surface area contributed by atoms with E-state index in [2.05, 4.69) is 25.1 Å². The Morgan fingerprint density at radius 3 is 2.80 bits per heavy atom. The van der Waals surface area contributed by atoms with Gasteiger partial charge in [-0.15, -0.1) is 0 Å². The van der Waals surface area contributed by atoms with Crippen molar-refractivity contribution in [2.24, 2.45) is 5.73 Å². The molecule has 0 radical (unpaired) electrons. The average molecular weight is 220 g/mol. The minimum absolute atomic E-state index is 0.119. The van der Waals surface area contributed by atoms with Gasteiger partial charge in [0.25, 0.3) is 0 Å². The normalized spacial score (nSPS) is 13.0. The van der Waals surface area contributed by atoms with Crippen LogP contribution in [0.1, 0.15) is 24.9 Å². The Kier molecular flexibility index (Phi) is 2.94. The van der Waals surface area contributed by atoms with Gasteiger partial charge >= 0.3 is 0 Å². The highest BCUT2D eigenvalue weighted by Crippen LogP contribution is 2.26. The monoisotopic (exact) mass is 219 g/mol. The van der Waals surface area contributed by atoms with Gasteiger partial charge in [-0.1, -0.05) is 42.8 Å². The van der Waals surface area contributed by atoms with Gasteiger partial charge in [-0.2, -0.15) is 0 Å². The molecule has 0 aliphatic heterocycles. The summed E-state index contributed by atoms with van der Waals surface area (Å²) in [5.74, 6) is 0. The van der Waals surface area contributed by atoms with E-state index >= 15 is 0 Å². The highest BCUT2D eigenvalue weighted by atomic mass is 35.5. The van der Waals surface area contributed by atoms with Crippen molar-refractivity contribution in [3.63, 3.8) is 0 Å². The van der Waals surface area contributed by atoms with Crippen molar-refractivity contribution in [1.82, 2.24) is 0 Å². The Hall–Kier alpha value is -1.05. The predicted molar refractivity (Wildman–Crippen MR) is 66.2 cm³/mol. The van der Waals surface area contributed by atoms with Crippen LogP contribution in [0.2, 0.25) is 5.02 Å². The molecule has 0 aromatic heterocycles. The Bertz CT molecular complexity index is 479. The van der Waals surface area contributed by atoms with E-state index in [1.807, 2.05) is 18.2 Å². The molecule has 0 aliphatic carbocycles. The third kappa shape index (κ3) is 1.99. The summed E-state index contributed by atoms with van der Waals surface area (Å²) >= 11 is 6.09. The molecule has 2 heteroatoms. The first-order chi connectivity index (χ1) is 7.22. The summed E-state index contributed by atoms with van der Waals surface area (Å²) in [6.07, 6.45) is 0.950. The molecule has 2 aromatic rings. The minimum atomic E-state index is 0.119. The second-order valence-corrected chi connectivity index (χ2v) is 4.14. The summed E-state index contributed by atoms with van der Waals surface area (Å²) in [5.41, 5.74) is 7.16. The van der Waals surface area contributed by atoms with Crippen molar-refractivity contribution in [3.8, 4) is 0 Å². The zero-order valence-corrected chi connectivity index (χ0v) is 9.46. The second kappa shape index (κ2) is 4.21. The lowest BCUT2D eigenvalue weighted by atomic mass is 10.0. The summed E-state index contributed by atoms with van der Waals surface area (Å²) in [5, 5.41) is 3.04. The van der Waals surface area contributed by atoms with E-state index in [4.69, 9.17) is 17.3 Å². The first-order valence-electron chi connectivity index (χ1n) is 5.16. The van der Waals surface area contributed by atoms with Crippen LogP contribution < -0.4 is 5.73 Å². The zero-order chi connectivity index (χ0) is 10.8. The van der Waals surface area contributed by atoms with Crippen LogP contribution in [-0.2, 0) is 0 Å². The van der Waals surface area contributed by atoms with Gasteiger partial charge < -0.3 is 5.73 Å². The molecule has 15 heavy (non-hydrogen) atoms. The highest BCUT2D eigenvalue weighted by Gasteiger charge is 2.05. The lowest BCUT2D eigenvalue weighted by Crippen LogP contribution is -2.08. The molecule has 0 bridgehead atoms. The zero-order valence-electron chi connectivity index (χ0n) is 8.70. The fourth-order valence-corrected chi connectivity index (χ4v) is 1.97. The van der Waals surface area contributed by atoms with Crippen molar-refractivity contribution < 1.29 is 0 Å². The molecule has 2 rings (SSSR count). The lowest BCUT2D eigenvalue weighted by Gasteiger charge is -2.10. The van der Waals surface area contributed by atoms with Gasteiger partial charge in [0, 0.05) is 16.5 Å². The maximum Gasteiger partial charge on any atom is 0.0484 e. The van der Waals surface area contributed by atoms with Crippen LogP contribution in [0.3, 0.4) is 0 Å². The first kappa shape index (κ1) is 10.5. The Labute approximate surface area is 94.9 Å². The Morgan fingerprint density at radius 2 is 2.07 bits per heavy atom. The van der Waals surface area contributed by atoms with Gasteiger partial charge in [0.15, 0.2) is 0 Å². The fourth-order valence-electron chi connectivity index (χ4n) is 1.73. The van der Waals surface area contributed by atoms with E-state index in [9.17, 15) is 0 Å². The predicted octanol–water partition coefficient (Wildman–Crippen LogP) is 3.90. The van der Waals surface area contributed by atoms with Crippen molar-refractivity contribution in [3.05, 3.63) is 47.0 Å². The summed E-state index contributed by atoms with van der Waals surface area (Å²) < 4.78 is 0. The summed E-state index contributed by atoms with van der Waals surface area (Å²) in [4.78, 5) is 0. The van der Waals surface area contributed by atoms with Crippen molar-refractivity contribution in [1.29, 1.82) is 0 Å². The molecule has 1 unspecified atom stereocenters. The van der Waals surface area contributed by atoms with Crippen LogP contribution in [0.4, 0.5) is 0 Å². The first-order valence-corrected chi connectivity index (χ1v) is 5.54. The second-order valence-electron chi connectivity index (χ2n) is 3.74. The molecule has 2 aromatic carbocycles. The number of fused-ring (bicyclic) bond motifs is 1. The van der Waals surface area contributed by atoms with Crippen LogP contribution >= 0.6 is 11.6 Å². The Morgan fingerprint density at radius 1 is 1.27 bits per heavy atom. The van der Waals surface area contributed by atoms with Crippen LogP contribution in [0, 0.1) is 0 Å². The number of halogens is 1. The van der Waals surface area contributed by atoms with Crippen molar-refractivity contribution in [2.75, 3.05) is 0 Å². The quantitative estimate of drug-likeness (QED) is 0.815. The number of rotatable bonds is 2. The molecule has 1 atom stereocenters. The molecule has 0 heterocycles. The molecule has 0 saturated heterocycles. The van der Waals surface area contributed by atoms with Crippen molar-refractivity contribution >= 4 is 22.4 Å². The molecular formula is C13H14ClN. The van der Waals surface area contributed by atoms with E-state index in [0.29, 0.717) is 0 Å². The third-order valence-electron chi connectivity index (χ3n) is 2.72. The largest absolute Gasteiger partial charge is 0.324 e. The van der Waals surface area contributed by atoms with E-state index in [1.165, 1.54) is 5.56 Å². The minimum Gasteiger partial charge on any atom is -0.324 e. The molecule has 1 nitrogen and oxygen atoms in total. The molecular weight excluding hydrogens is 206 g/mol. The summed E-state index contributed by atoms with van der Waals surface area (Å²) in [6.45, 7) is 2.09. The molecule has 0 spiro atoms. The van der Waals surface area contributed by atoms with E-state index in [1.54, 1.807) is 0 Å². The molecule has 2 N–H and O–H groups in total. The lowest BCUT2D eigenvalue weighted by molar-refractivity contribution is 0.700. The van der Waals surface area contributed by atoms with Gasteiger partial charge in [0.1, 0.15) is 0 Å². The fraction of sp³-hybridized carbons (Fsp3) is 0.231. The average Bonchev–Trinajstić information content (AvgIpc) is 2.28. The number of benzene rings is 2. The van der Waals surface area contributed by atoms with Gasteiger partial charge in [0.05, 0.1) is 0 Å². The SMILES string of the molecule is CCC(N)c1ccc2c(Cl)cccc2c1. The van der Waals surface area contributed by atoms with Crippen molar-refractivity contribution in [2.45, 2.75) is 19.4 Å². The molecule has 0 fully saturated rings.